The number of carbonyl (C=O) groups excluding carboxylic acids is 1. The third-order valence-corrected chi connectivity index (χ3v) is 6.46. The SMILES string of the molecule is CCCCOC(=O)N1CCC(COc2cc3nccc(Oc4c(F)cc([N+](=O)[O-])cc4F)c3cc2OC)CC1. The van der Waals surface area contributed by atoms with Gasteiger partial charge in [-0.15, -0.1) is 0 Å². The summed E-state index contributed by atoms with van der Waals surface area (Å²) in [4.78, 5) is 28.2. The second-order valence-corrected chi connectivity index (χ2v) is 9.14. The molecule has 0 saturated carbocycles. The van der Waals surface area contributed by atoms with Gasteiger partial charge >= 0.3 is 6.09 Å². The molecule has 1 aliphatic heterocycles. The number of pyridine rings is 1. The van der Waals surface area contributed by atoms with Crippen molar-refractivity contribution in [2.75, 3.05) is 33.4 Å². The van der Waals surface area contributed by atoms with Crippen molar-refractivity contribution in [3.05, 3.63) is 58.3 Å². The summed E-state index contributed by atoms with van der Waals surface area (Å²) in [6, 6.07) is 5.83. The van der Waals surface area contributed by atoms with Gasteiger partial charge in [0.15, 0.2) is 28.9 Å². The first-order valence-corrected chi connectivity index (χ1v) is 12.6. The van der Waals surface area contributed by atoms with Gasteiger partial charge in [-0.3, -0.25) is 15.1 Å². The quantitative estimate of drug-likeness (QED) is 0.167. The maximum atomic E-state index is 14.4. The average Bonchev–Trinajstić information content (AvgIpc) is 2.93. The number of unbranched alkanes of at least 4 members (excludes halogenated alkanes) is 1. The van der Waals surface area contributed by atoms with Gasteiger partial charge in [0.2, 0.25) is 0 Å². The zero-order valence-electron chi connectivity index (χ0n) is 21.7. The van der Waals surface area contributed by atoms with Crippen molar-refractivity contribution in [2.24, 2.45) is 5.92 Å². The third kappa shape index (κ3) is 6.62. The first-order chi connectivity index (χ1) is 18.8. The summed E-state index contributed by atoms with van der Waals surface area (Å²) < 4.78 is 51.2. The zero-order valence-corrected chi connectivity index (χ0v) is 21.7. The molecule has 0 unspecified atom stereocenters. The number of halogens is 2. The van der Waals surface area contributed by atoms with Crippen LogP contribution in [0.15, 0.2) is 36.5 Å². The van der Waals surface area contributed by atoms with Crippen LogP contribution in [0.4, 0.5) is 19.3 Å². The Balaban J connectivity index is 1.45. The minimum Gasteiger partial charge on any atom is -0.493 e. The predicted molar refractivity (Wildman–Crippen MR) is 137 cm³/mol. The van der Waals surface area contributed by atoms with Crippen molar-refractivity contribution in [3.63, 3.8) is 0 Å². The molecule has 12 heteroatoms. The molecule has 0 radical (unpaired) electrons. The fourth-order valence-corrected chi connectivity index (χ4v) is 4.23. The van der Waals surface area contributed by atoms with Crippen LogP contribution in [0.25, 0.3) is 10.9 Å². The molecule has 3 aromatic rings. The number of fused-ring (bicyclic) bond motifs is 1. The number of ether oxygens (including phenoxy) is 4. The summed E-state index contributed by atoms with van der Waals surface area (Å²) in [5.41, 5.74) is -0.298. The lowest BCUT2D eigenvalue weighted by atomic mass is 9.98. The van der Waals surface area contributed by atoms with E-state index in [0.29, 0.717) is 60.8 Å². The highest BCUT2D eigenvalue weighted by atomic mass is 19.1. The van der Waals surface area contributed by atoms with Gasteiger partial charge in [-0.25, -0.2) is 13.6 Å². The lowest BCUT2D eigenvalue weighted by molar-refractivity contribution is -0.385. The van der Waals surface area contributed by atoms with Crippen LogP contribution in [-0.2, 0) is 4.74 Å². The number of benzene rings is 2. The number of nitro groups is 1. The number of hydrogen-bond acceptors (Lipinski definition) is 8. The number of piperidine rings is 1. The minimum atomic E-state index is -1.21. The van der Waals surface area contributed by atoms with Crippen molar-refractivity contribution >= 4 is 22.7 Å². The van der Waals surface area contributed by atoms with E-state index in [9.17, 15) is 23.7 Å². The highest BCUT2D eigenvalue weighted by Gasteiger charge is 2.25. The molecule has 1 aliphatic rings. The largest absolute Gasteiger partial charge is 0.493 e. The summed E-state index contributed by atoms with van der Waals surface area (Å²) in [5, 5.41) is 11.3. The number of rotatable bonds is 10. The summed E-state index contributed by atoms with van der Waals surface area (Å²) in [6.07, 6.45) is 4.46. The number of aromatic nitrogens is 1. The number of nitrogens with zero attached hydrogens (tertiary/aromatic N) is 3. The van der Waals surface area contributed by atoms with E-state index in [1.54, 1.807) is 17.0 Å². The maximum absolute atomic E-state index is 14.4. The molecule has 1 amide bonds. The number of methoxy groups -OCH3 is 1. The lowest BCUT2D eigenvalue weighted by Crippen LogP contribution is -2.40. The zero-order chi connectivity index (χ0) is 27.9. The van der Waals surface area contributed by atoms with Gasteiger partial charge in [0.1, 0.15) is 5.75 Å². The first-order valence-electron chi connectivity index (χ1n) is 12.6. The van der Waals surface area contributed by atoms with Gasteiger partial charge in [0, 0.05) is 30.7 Å². The number of non-ortho nitro benzene ring substituents is 1. The molecule has 4 rings (SSSR count). The molecule has 1 aromatic heterocycles. The standard InChI is InChI=1S/C27H29F2N3O7/c1-3-4-11-37-27(33)31-9-6-17(7-10-31)16-38-25-15-22-19(14-24(25)36-2)23(5-8-30-22)39-26-20(28)12-18(32(34)35)13-21(26)29/h5,8,12-15,17H,3-4,6-7,9-11,16H2,1-2H3. The molecule has 1 saturated heterocycles. The molecule has 2 heterocycles. The van der Waals surface area contributed by atoms with Crippen molar-refractivity contribution < 1.29 is 37.4 Å². The van der Waals surface area contributed by atoms with Gasteiger partial charge in [-0.2, -0.15) is 0 Å². The highest BCUT2D eigenvalue weighted by Crippen LogP contribution is 2.39. The van der Waals surface area contributed by atoms with Gasteiger partial charge in [-0.05, 0) is 37.3 Å². The molecule has 2 aromatic carbocycles. The molecule has 1 fully saturated rings. The van der Waals surface area contributed by atoms with Gasteiger partial charge in [0.25, 0.3) is 5.69 Å². The number of amides is 1. The lowest BCUT2D eigenvalue weighted by Gasteiger charge is -2.31. The Morgan fingerprint density at radius 3 is 2.49 bits per heavy atom. The number of nitro benzene ring substituents is 1. The van der Waals surface area contributed by atoms with E-state index < -0.39 is 28.0 Å². The Morgan fingerprint density at radius 1 is 1.13 bits per heavy atom. The highest BCUT2D eigenvalue weighted by molar-refractivity contribution is 5.88. The molecular weight excluding hydrogens is 516 g/mol. The smallest absolute Gasteiger partial charge is 0.409 e. The second kappa shape index (κ2) is 12.5. The van der Waals surface area contributed by atoms with Crippen molar-refractivity contribution in [2.45, 2.75) is 32.6 Å². The second-order valence-electron chi connectivity index (χ2n) is 9.14. The summed E-state index contributed by atoms with van der Waals surface area (Å²) in [5.74, 6) is -2.09. The Bertz CT molecular complexity index is 1320. The van der Waals surface area contributed by atoms with Gasteiger partial charge < -0.3 is 23.8 Å². The fourth-order valence-electron chi connectivity index (χ4n) is 4.23. The van der Waals surface area contributed by atoms with E-state index in [4.69, 9.17) is 18.9 Å². The van der Waals surface area contributed by atoms with Gasteiger partial charge in [0.05, 0.1) is 42.9 Å². The van der Waals surface area contributed by atoms with Crippen molar-refractivity contribution in [1.82, 2.24) is 9.88 Å². The van der Waals surface area contributed by atoms with E-state index in [2.05, 4.69) is 4.98 Å². The van der Waals surface area contributed by atoms with E-state index in [1.807, 2.05) is 6.92 Å². The summed E-state index contributed by atoms with van der Waals surface area (Å²) in [7, 11) is 1.46. The van der Waals surface area contributed by atoms with Crippen LogP contribution in [-0.4, -0.2) is 54.3 Å². The minimum absolute atomic E-state index is 0.0784. The third-order valence-electron chi connectivity index (χ3n) is 6.46. The van der Waals surface area contributed by atoms with Crippen molar-refractivity contribution in [3.8, 4) is 23.0 Å². The number of likely N-dealkylation sites (tertiary alicyclic amines) is 1. The average molecular weight is 546 g/mol. The Kier molecular flexibility index (Phi) is 8.95. The van der Waals surface area contributed by atoms with Crippen LogP contribution < -0.4 is 14.2 Å². The van der Waals surface area contributed by atoms with Crippen LogP contribution in [0.5, 0.6) is 23.0 Å². The molecule has 0 atom stereocenters. The predicted octanol–water partition coefficient (Wildman–Crippen LogP) is 6.25. The van der Waals surface area contributed by atoms with Crippen molar-refractivity contribution in [1.29, 1.82) is 0 Å². The number of hydrogen-bond donors (Lipinski definition) is 0. The molecule has 10 nitrogen and oxygen atoms in total. The van der Waals surface area contributed by atoms with Crippen LogP contribution >= 0.6 is 0 Å². The van der Waals surface area contributed by atoms with Gasteiger partial charge in [-0.1, -0.05) is 13.3 Å². The molecule has 0 N–H and O–H groups in total. The molecule has 0 spiro atoms. The fraction of sp³-hybridized carbons (Fsp3) is 0.407. The monoisotopic (exact) mass is 545 g/mol. The molecular formula is C27H29F2N3O7. The maximum Gasteiger partial charge on any atom is 0.409 e. The molecule has 208 valence electrons. The summed E-state index contributed by atoms with van der Waals surface area (Å²) >= 11 is 0. The molecule has 0 aliphatic carbocycles. The van der Waals surface area contributed by atoms with E-state index in [-0.39, 0.29) is 17.8 Å². The molecule has 39 heavy (non-hydrogen) atoms. The Morgan fingerprint density at radius 2 is 1.85 bits per heavy atom. The molecule has 0 bridgehead atoms. The van der Waals surface area contributed by atoms with Crippen LogP contribution in [0.3, 0.4) is 0 Å². The van der Waals surface area contributed by atoms with E-state index in [0.717, 1.165) is 25.7 Å². The van der Waals surface area contributed by atoms with Crippen LogP contribution in [0, 0.1) is 27.7 Å². The van der Waals surface area contributed by atoms with Crippen LogP contribution in [0.1, 0.15) is 32.6 Å². The first kappa shape index (κ1) is 27.8. The normalized spacial score (nSPS) is 13.8. The topological polar surface area (TPSA) is 113 Å². The summed E-state index contributed by atoms with van der Waals surface area (Å²) in [6.45, 7) is 4.04. The van der Waals surface area contributed by atoms with E-state index in [1.165, 1.54) is 19.4 Å². The Labute approximate surface area is 223 Å². The van der Waals surface area contributed by atoms with E-state index >= 15 is 0 Å². The van der Waals surface area contributed by atoms with Crippen LogP contribution in [0.2, 0.25) is 0 Å². The Hall–Kier alpha value is -4.22. The number of carbonyl (C=O) groups is 1.